The van der Waals surface area contributed by atoms with Gasteiger partial charge < -0.3 is 14.7 Å². The summed E-state index contributed by atoms with van der Waals surface area (Å²) in [7, 11) is 0. The molecule has 122 valence electrons. The lowest BCUT2D eigenvalue weighted by Crippen LogP contribution is -2.41. The van der Waals surface area contributed by atoms with Crippen molar-refractivity contribution in [2.45, 2.75) is 45.9 Å². The average Bonchev–Trinajstić information content (AvgIpc) is 2.73. The predicted molar refractivity (Wildman–Crippen MR) is 81.6 cm³/mol. The lowest BCUT2D eigenvalue weighted by atomic mass is 10.1. The molecule has 1 amide bonds. The first-order valence-corrected chi connectivity index (χ1v) is 7.27. The van der Waals surface area contributed by atoms with Gasteiger partial charge >= 0.3 is 6.09 Å². The Morgan fingerprint density at radius 2 is 2.14 bits per heavy atom. The zero-order valence-corrected chi connectivity index (χ0v) is 13.3. The van der Waals surface area contributed by atoms with Gasteiger partial charge in [-0.15, -0.1) is 0 Å². The van der Waals surface area contributed by atoms with Gasteiger partial charge in [-0.1, -0.05) is 6.58 Å². The first-order chi connectivity index (χ1) is 10.2. The number of nitrogens with one attached hydrogen (secondary N) is 1. The van der Waals surface area contributed by atoms with Crippen molar-refractivity contribution in [2.75, 3.05) is 13.2 Å². The Hall–Kier alpha value is -2.02. The summed E-state index contributed by atoms with van der Waals surface area (Å²) in [6.07, 6.45) is 0.160. The number of ether oxygens (including phenoxy) is 1. The summed E-state index contributed by atoms with van der Waals surface area (Å²) < 4.78 is 6.76. The average molecular weight is 309 g/mol. The number of fused-ring (bicyclic) bond motifs is 1. The van der Waals surface area contributed by atoms with Crippen LogP contribution in [0.25, 0.3) is 0 Å². The Balaban J connectivity index is 2.15. The fraction of sp³-hybridized carbons (Fsp3) is 0.600. The Bertz CT molecular complexity index is 636. The SMILES string of the molecule is C=C(CO)Cn1[nH]c2c(c1=O)CN(C(=O)OC(C)(C)C)CC2. The Labute approximate surface area is 129 Å². The van der Waals surface area contributed by atoms with Crippen molar-refractivity contribution in [2.24, 2.45) is 0 Å². The zero-order valence-electron chi connectivity index (χ0n) is 13.3. The van der Waals surface area contributed by atoms with E-state index in [1.165, 1.54) is 9.58 Å². The van der Waals surface area contributed by atoms with Crippen LogP contribution in [0.1, 0.15) is 32.0 Å². The third-order valence-electron chi connectivity index (χ3n) is 3.38. The third-order valence-corrected chi connectivity index (χ3v) is 3.38. The molecule has 0 aromatic carbocycles. The normalized spacial score (nSPS) is 14.6. The van der Waals surface area contributed by atoms with Gasteiger partial charge in [0.2, 0.25) is 0 Å². The summed E-state index contributed by atoms with van der Waals surface area (Å²) in [5, 5.41) is 12.0. The number of aromatic nitrogens is 2. The summed E-state index contributed by atoms with van der Waals surface area (Å²) in [5.41, 5.74) is 1.20. The van der Waals surface area contributed by atoms with Gasteiger partial charge in [0.15, 0.2) is 0 Å². The smallest absolute Gasteiger partial charge is 0.410 e. The zero-order chi connectivity index (χ0) is 16.5. The Morgan fingerprint density at radius 3 is 2.73 bits per heavy atom. The molecule has 22 heavy (non-hydrogen) atoms. The first-order valence-electron chi connectivity index (χ1n) is 7.27. The highest BCUT2D eigenvalue weighted by molar-refractivity contribution is 5.68. The Kier molecular flexibility index (Phi) is 4.46. The summed E-state index contributed by atoms with van der Waals surface area (Å²) in [4.78, 5) is 26.0. The van der Waals surface area contributed by atoms with Crippen LogP contribution in [0.5, 0.6) is 0 Å². The lowest BCUT2D eigenvalue weighted by molar-refractivity contribution is 0.0223. The van der Waals surface area contributed by atoms with Crippen molar-refractivity contribution >= 4 is 6.09 Å². The van der Waals surface area contributed by atoms with Crippen LogP contribution >= 0.6 is 0 Å². The molecule has 0 saturated carbocycles. The maximum Gasteiger partial charge on any atom is 0.410 e. The summed E-state index contributed by atoms with van der Waals surface area (Å²) in [6, 6.07) is 0. The number of carbonyl (C=O) groups is 1. The van der Waals surface area contributed by atoms with Crippen LogP contribution in [-0.4, -0.2) is 44.6 Å². The summed E-state index contributed by atoms with van der Waals surface area (Å²) in [5.74, 6) is 0. The van der Waals surface area contributed by atoms with Gasteiger partial charge in [0.05, 0.1) is 25.3 Å². The largest absolute Gasteiger partial charge is 0.444 e. The van der Waals surface area contributed by atoms with E-state index in [1.54, 1.807) is 0 Å². The number of nitrogens with zero attached hydrogens (tertiary/aromatic N) is 2. The number of rotatable bonds is 3. The van der Waals surface area contributed by atoms with Gasteiger partial charge in [-0.25, -0.2) is 9.48 Å². The molecule has 7 heteroatoms. The minimum Gasteiger partial charge on any atom is -0.444 e. The van der Waals surface area contributed by atoms with Crippen LogP contribution < -0.4 is 5.56 Å². The second-order valence-corrected chi connectivity index (χ2v) is 6.52. The van der Waals surface area contributed by atoms with Gasteiger partial charge in [0.1, 0.15) is 5.60 Å². The van der Waals surface area contributed by atoms with Gasteiger partial charge in [-0.05, 0) is 26.3 Å². The maximum atomic E-state index is 12.3. The molecule has 0 fully saturated rings. The molecule has 0 unspecified atom stereocenters. The highest BCUT2D eigenvalue weighted by atomic mass is 16.6. The highest BCUT2D eigenvalue weighted by Gasteiger charge is 2.28. The van der Waals surface area contributed by atoms with Crippen molar-refractivity contribution in [1.82, 2.24) is 14.7 Å². The van der Waals surface area contributed by atoms with E-state index in [1.807, 2.05) is 20.8 Å². The molecule has 2 heterocycles. The maximum absolute atomic E-state index is 12.3. The molecule has 1 aromatic rings. The molecule has 0 saturated heterocycles. The van der Waals surface area contributed by atoms with Crippen LogP contribution in [0.3, 0.4) is 0 Å². The third kappa shape index (κ3) is 3.59. The second-order valence-electron chi connectivity index (χ2n) is 6.52. The van der Waals surface area contributed by atoms with Crippen molar-refractivity contribution in [3.63, 3.8) is 0 Å². The number of hydrogen-bond acceptors (Lipinski definition) is 4. The van der Waals surface area contributed by atoms with Gasteiger partial charge in [-0.2, -0.15) is 0 Å². The molecule has 0 atom stereocenters. The Morgan fingerprint density at radius 1 is 1.45 bits per heavy atom. The number of amides is 1. The molecule has 2 rings (SSSR count). The molecule has 2 N–H and O–H groups in total. The molecular formula is C15H23N3O4. The summed E-state index contributed by atoms with van der Waals surface area (Å²) >= 11 is 0. The van der Waals surface area contributed by atoms with E-state index in [-0.39, 0.29) is 25.3 Å². The van der Waals surface area contributed by atoms with Crippen LogP contribution in [0.4, 0.5) is 4.79 Å². The van der Waals surface area contributed by atoms with E-state index in [0.717, 1.165) is 5.69 Å². The number of aliphatic hydroxyl groups is 1. The van der Waals surface area contributed by atoms with E-state index < -0.39 is 11.7 Å². The molecule has 1 aliphatic heterocycles. The minimum atomic E-state index is -0.561. The second kappa shape index (κ2) is 6.00. The minimum absolute atomic E-state index is 0.167. The topological polar surface area (TPSA) is 87.6 Å². The highest BCUT2D eigenvalue weighted by Crippen LogP contribution is 2.17. The van der Waals surface area contributed by atoms with Gasteiger partial charge in [0, 0.05) is 18.7 Å². The van der Waals surface area contributed by atoms with Crippen molar-refractivity contribution in [1.29, 1.82) is 0 Å². The fourth-order valence-corrected chi connectivity index (χ4v) is 2.33. The predicted octanol–water partition coefficient (Wildman–Crippen LogP) is 1.02. The van der Waals surface area contributed by atoms with Crippen molar-refractivity contribution < 1.29 is 14.6 Å². The van der Waals surface area contributed by atoms with Crippen LogP contribution in [0.15, 0.2) is 16.9 Å². The summed E-state index contributed by atoms with van der Waals surface area (Å²) in [6.45, 7) is 9.93. The molecular weight excluding hydrogens is 286 g/mol. The van der Waals surface area contributed by atoms with Crippen LogP contribution in [0, 0.1) is 0 Å². The molecule has 1 aliphatic rings. The monoisotopic (exact) mass is 309 g/mol. The van der Waals surface area contributed by atoms with Crippen molar-refractivity contribution in [3.8, 4) is 0 Å². The van der Waals surface area contributed by atoms with E-state index in [0.29, 0.717) is 24.1 Å². The first kappa shape index (κ1) is 16.4. The molecule has 0 aliphatic carbocycles. The molecule has 1 aromatic heterocycles. The van der Waals surface area contributed by atoms with E-state index in [4.69, 9.17) is 9.84 Å². The number of aliphatic hydroxyl groups excluding tert-OH is 1. The number of carbonyl (C=O) groups excluding carboxylic acids is 1. The molecule has 0 radical (unpaired) electrons. The molecule has 0 bridgehead atoms. The van der Waals surface area contributed by atoms with E-state index in [2.05, 4.69) is 11.7 Å². The van der Waals surface area contributed by atoms with E-state index in [9.17, 15) is 9.59 Å². The van der Waals surface area contributed by atoms with Gasteiger partial charge in [0.25, 0.3) is 5.56 Å². The number of hydrogen-bond donors (Lipinski definition) is 2. The number of H-pyrrole nitrogens is 1. The van der Waals surface area contributed by atoms with Crippen LogP contribution in [-0.2, 0) is 24.2 Å². The van der Waals surface area contributed by atoms with Crippen molar-refractivity contribution in [3.05, 3.63) is 33.8 Å². The lowest BCUT2D eigenvalue weighted by Gasteiger charge is -2.29. The van der Waals surface area contributed by atoms with E-state index >= 15 is 0 Å². The molecule has 0 spiro atoms. The standard InChI is InChI=1S/C15H23N3O4/c1-10(9-19)7-18-13(20)11-8-17(6-5-12(11)16-18)14(21)22-15(2,3)4/h16,19H,1,5-9H2,2-4H3. The quantitative estimate of drug-likeness (QED) is 0.816. The molecule has 7 nitrogen and oxygen atoms in total. The fourth-order valence-electron chi connectivity index (χ4n) is 2.33. The number of aromatic amines is 1. The van der Waals surface area contributed by atoms with Gasteiger partial charge in [-0.3, -0.25) is 9.89 Å². The van der Waals surface area contributed by atoms with Crippen LogP contribution in [0.2, 0.25) is 0 Å².